The Kier molecular flexibility index (Phi) is 3.55. The molecule has 0 spiro atoms. The van der Waals surface area contributed by atoms with Crippen LogP contribution in [0, 0.1) is 5.41 Å². The van der Waals surface area contributed by atoms with Gasteiger partial charge in [0.25, 0.3) is 10.0 Å². The Hall–Kier alpha value is -1.37. The van der Waals surface area contributed by atoms with Gasteiger partial charge in [0.1, 0.15) is 5.03 Å². The number of piperazine rings is 1. The molecule has 1 saturated heterocycles. The zero-order valence-electron chi connectivity index (χ0n) is 12.4. The number of hydrogen-bond acceptors (Lipinski definition) is 3. The highest BCUT2D eigenvalue weighted by molar-refractivity contribution is 7.89. The van der Waals surface area contributed by atoms with Crippen molar-refractivity contribution in [2.45, 2.75) is 18.9 Å². The lowest BCUT2D eigenvalue weighted by molar-refractivity contribution is 0.359. The maximum absolute atomic E-state index is 12.6. The highest BCUT2D eigenvalue weighted by atomic mass is 32.2. The molecule has 114 valence electrons. The molecule has 5 nitrogen and oxygen atoms in total. The molecule has 0 unspecified atom stereocenters. The molecule has 2 heterocycles. The summed E-state index contributed by atoms with van der Waals surface area (Å²) in [5.41, 5.74) is 1.76. The van der Waals surface area contributed by atoms with Crippen molar-refractivity contribution < 1.29 is 8.42 Å². The smallest absolute Gasteiger partial charge is 0.258 e. The van der Waals surface area contributed by atoms with Crippen LogP contribution in [0.15, 0.2) is 23.2 Å². The highest BCUT2D eigenvalue weighted by Crippen LogP contribution is 2.29. The Bertz CT molecular complexity index is 659. The molecule has 2 aliphatic rings. The Morgan fingerprint density at radius 1 is 1.14 bits per heavy atom. The summed E-state index contributed by atoms with van der Waals surface area (Å²) in [6.45, 7) is 6.67. The van der Waals surface area contributed by atoms with Crippen LogP contribution in [0.25, 0.3) is 12.2 Å². The fourth-order valence-electron chi connectivity index (χ4n) is 2.56. The number of rotatable bonds is 2. The van der Waals surface area contributed by atoms with Gasteiger partial charge in [0.05, 0.1) is 0 Å². The van der Waals surface area contributed by atoms with Crippen LogP contribution < -0.4 is 5.32 Å². The van der Waals surface area contributed by atoms with Crippen LogP contribution in [0.3, 0.4) is 0 Å². The van der Waals surface area contributed by atoms with E-state index in [2.05, 4.69) is 36.3 Å². The van der Waals surface area contributed by atoms with Gasteiger partial charge in [0.15, 0.2) is 0 Å². The molecular formula is C15H21N3O2S. The quantitative estimate of drug-likeness (QED) is 0.873. The average Bonchev–Trinajstić information content (AvgIpc) is 2.83. The number of hydrogen-bond donors (Lipinski definition) is 2. The summed E-state index contributed by atoms with van der Waals surface area (Å²) in [6.07, 6.45) is 8.12. The van der Waals surface area contributed by atoms with Gasteiger partial charge in [-0.15, -0.1) is 0 Å². The summed E-state index contributed by atoms with van der Waals surface area (Å²) in [5, 5.41) is 3.45. The Morgan fingerprint density at radius 3 is 2.52 bits per heavy atom. The first kappa shape index (κ1) is 14.6. The third-order valence-corrected chi connectivity index (χ3v) is 5.74. The molecule has 0 atom stereocenters. The molecule has 0 saturated carbocycles. The minimum absolute atomic E-state index is 0.0164. The topological polar surface area (TPSA) is 65.2 Å². The summed E-state index contributed by atoms with van der Waals surface area (Å²) >= 11 is 0. The number of fused-ring (bicyclic) bond motifs is 1. The van der Waals surface area contributed by atoms with E-state index in [4.69, 9.17) is 0 Å². The van der Waals surface area contributed by atoms with Gasteiger partial charge in [-0.2, -0.15) is 4.31 Å². The van der Waals surface area contributed by atoms with Crippen LogP contribution in [0.1, 0.15) is 25.1 Å². The van der Waals surface area contributed by atoms with Gasteiger partial charge >= 0.3 is 0 Å². The first-order chi connectivity index (χ1) is 9.88. The van der Waals surface area contributed by atoms with E-state index in [1.807, 2.05) is 12.2 Å². The van der Waals surface area contributed by atoms with Crippen LogP contribution in [0.2, 0.25) is 0 Å². The second-order valence-corrected chi connectivity index (χ2v) is 8.05. The van der Waals surface area contributed by atoms with Crippen molar-refractivity contribution >= 4 is 22.2 Å². The maximum atomic E-state index is 12.6. The molecule has 1 fully saturated rings. The Balaban J connectivity index is 1.94. The first-order valence-electron chi connectivity index (χ1n) is 7.21. The molecule has 0 aromatic carbocycles. The van der Waals surface area contributed by atoms with E-state index in [0.717, 1.165) is 11.3 Å². The Morgan fingerprint density at radius 2 is 1.81 bits per heavy atom. The average molecular weight is 307 g/mol. The number of aromatic nitrogens is 1. The van der Waals surface area contributed by atoms with Gasteiger partial charge in [0, 0.05) is 42.9 Å². The van der Waals surface area contributed by atoms with E-state index in [1.54, 1.807) is 6.07 Å². The van der Waals surface area contributed by atoms with Gasteiger partial charge in [-0.25, -0.2) is 8.42 Å². The van der Waals surface area contributed by atoms with Crippen LogP contribution in [-0.4, -0.2) is 43.9 Å². The second kappa shape index (κ2) is 5.12. The molecule has 2 N–H and O–H groups in total. The normalized spacial score (nSPS) is 22.0. The SMILES string of the molecule is CC1(C)C=Cc2cc(S(=O)(=O)N3CCNCC3)[nH]c2C=C1. The van der Waals surface area contributed by atoms with Gasteiger partial charge < -0.3 is 10.3 Å². The van der Waals surface area contributed by atoms with Gasteiger partial charge in [0.2, 0.25) is 0 Å². The molecule has 6 heteroatoms. The number of H-pyrrole nitrogens is 1. The van der Waals surface area contributed by atoms with Crippen molar-refractivity contribution in [3.63, 3.8) is 0 Å². The summed E-state index contributed by atoms with van der Waals surface area (Å²) in [5.74, 6) is 0. The lowest BCUT2D eigenvalue weighted by atomic mass is 9.93. The van der Waals surface area contributed by atoms with Crippen molar-refractivity contribution in [1.29, 1.82) is 0 Å². The predicted octanol–water partition coefficient (Wildman–Crippen LogP) is 1.67. The van der Waals surface area contributed by atoms with Crippen LogP contribution >= 0.6 is 0 Å². The number of allylic oxidation sites excluding steroid dienone is 2. The molecule has 3 rings (SSSR count). The van der Waals surface area contributed by atoms with Crippen molar-refractivity contribution in [3.8, 4) is 0 Å². The van der Waals surface area contributed by atoms with Gasteiger partial charge in [-0.05, 0) is 12.1 Å². The highest BCUT2D eigenvalue weighted by Gasteiger charge is 2.28. The largest absolute Gasteiger partial charge is 0.345 e. The standard InChI is InChI=1S/C15H21N3O2S/c1-15(2)5-3-12-11-14(17-13(12)4-6-15)21(19,20)18-9-7-16-8-10-18/h3-6,11,16-17H,7-10H2,1-2H3. The summed E-state index contributed by atoms with van der Waals surface area (Å²) < 4.78 is 26.8. The molecule has 0 bridgehead atoms. The molecule has 1 aromatic rings. The lowest BCUT2D eigenvalue weighted by Crippen LogP contribution is -2.46. The minimum Gasteiger partial charge on any atom is -0.345 e. The summed E-state index contributed by atoms with van der Waals surface area (Å²) in [4.78, 5) is 3.06. The molecule has 0 radical (unpaired) electrons. The predicted molar refractivity (Wildman–Crippen MR) is 84.3 cm³/mol. The van der Waals surface area contributed by atoms with Gasteiger partial charge in [-0.3, -0.25) is 0 Å². The molecule has 21 heavy (non-hydrogen) atoms. The van der Waals surface area contributed by atoms with Crippen molar-refractivity contribution in [3.05, 3.63) is 29.5 Å². The minimum atomic E-state index is -3.43. The first-order valence-corrected chi connectivity index (χ1v) is 8.65. The number of nitrogens with zero attached hydrogens (tertiary/aromatic N) is 1. The van der Waals surface area contributed by atoms with E-state index in [9.17, 15) is 8.42 Å². The third kappa shape index (κ3) is 2.84. The molecule has 0 amide bonds. The maximum Gasteiger partial charge on any atom is 0.258 e. The van der Waals surface area contributed by atoms with E-state index < -0.39 is 10.0 Å². The number of aromatic amines is 1. The summed E-state index contributed by atoms with van der Waals surface area (Å²) in [7, 11) is -3.43. The zero-order valence-corrected chi connectivity index (χ0v) is 13.2. The summed E-state index contributed by atoms with van der Waals surface area (Å²) in [6, 6.07) is 1.73. The second-order valence-electron chi connectivity index (χ2n) is 6.14. The van der Waals surface area contributed by atoms with E-state index in [-0.39, 0.29) is 10.4 Å². The van der Waals surface area contributed by atoms with Crippen molar-refractivity contribution in [1.82, 2.24) is 14.6 Å². The third-order valence-electron chi connectivity index (χ3n) is 3.92. The van der Waals surface area contributed by atoms with Gasteiger partial charge in [-0.1, -0.05) is 32.1 Å². The molecule has 1 aliphatic carbocycles. The lowest BCUT2D eigenvalue weighted by Gasteiger charge is -2.25. The van der Waals surface area contributed by atoms with E-state index >= 15 is 0 Å². The van der Waals surface area contributed by atoms with Crippen LogP contribution in [-0.2, 0) is 10.0 Å². The number of sulfonamides is 1. The van der Waals surface area contributed by atoms with Crippen LogP contribution in [0.4, 0.5) is 0 Å². The number of nitrogens with one attached hydrogen (secondary N) is 2. The van der Waals surface area contributed by atoms with Crippen LogP contribution in [0.5, 0.6) is 0 Å². The molecule has 1 aromatic heterocycles. The molecular weight excluding hydrogens is 286 g/mol. The fourth-order valence-corrected chi connectivity index (χ4v) is 4.01. The fraction of sp³-hybridized carbons (Fsp3) is 0.467. The Labute approximate surface area is 125 Å². The monoisotopic (exact) mass is 307 g/mol. The zero-order chi connectivity index (χ0) is 15.1. The van der Waals surface area contributed by atoms with E-state index in [0.29, 0.717) is 26.2 Å². The van der Waals surface area contributed by atoms with Crippen molar-refractivity contribution in [2.24, 2.45) is 5.41 Å². The van der Waals surface area contributed by atoms with Crippen molar-refractivity contribution in [2.75, 3.05) is 26.2 Å². The molecule has 1 aliphatic heterocycles. The van der Waals surface area contributed by atoms with E-state index in [1.165, 1.54) is 4.31 Å².